The topological polar surface area (TPSA) is 51.7 Å². The van der Waals surface area contributed by atoms with E-state index in [9.17, 15) is 4.79 Å². The van der Waals surface area contributed by atoms with Crippen LogP contribution in [0.25, 0.3) is 10.2 Å². The summed E-state index contributed by atoms with van der Waals surface area (Å²) in [4.78, 5) is 21.6. The van der Waals surface area contributed by atoms with Crippen LogP contribution in [0.4, 0.5) is 5.13 Å². The molecule has 0 spiro atoms. The fourth-order valence-corrected chi connectivity index (χ4v) is 5.09. The van der Waals surface area contributed by atoms with Crippen molar-refractivity contribution >= 4 is 32.6 Å². The number of benzene rings is 1. The number of aromatic nitrogens is 1. The molecule has 0 aliphatic carbocycles. The van der Waals surface area contributed by atoms with Gasteiger partial charge in [0.25, 0.3) is 0 Å². The van der Waals surface area contributed by atoms with Gasteiger partial charge in [0.05, 0.1) is 16.3 Å². The van der Waals surface area contributed by atoms with Crippen molar-refractivity contribution in [3.8, 4) is 0 Å². The summed E-state index contributed by atoms with van der Waals surface area (Å²) in [5.74, 6) is 0.339. The van der Waals surface area contributed by atoms with Crippen molar-refractivity contribution < 1.29 is 4.79 Å². The van der Waals surface area contributed by atoms with E-state index >= 15 is 0 Å². The Labute approximate surface area is 183 Å². The largest absolute Gasteiger partial charge is 0.340 e. The molecule has 2 aliphatic rings. The van der Waals surface area contributed by atoms with Crippen molar-refractivity contribution in [2.75, 3.05) is 37.7 Å². The predicted octanol–water partition coefficient (Wildman–Crippen LogP) is 4.01. The Hall–Kier alpha value is -1.96. The van der Waals surface area contributed by atoms with Crippen molar-refractivity contribution in [3.05, 3.63) is 36.0 Å². The van der Waals surface area contributed by atoms with Gasteiger partial charge < -0.3 is 4.90 Å². The van der Waals surface area contributed by atoms with Crippen LogP contribution < -0.4 is 10.4 Å². The lowest BCUT2D eigenvalue weighted by Gasteiger charge is -2.35. The zero-order chi connectivity index (χ0) is 20.9. The van der Waals surface area contributed by atoms with Gasteiger partial charge in [-0.15, -0.1) is 0 Å². The van der Waals surface area contributed by atoms with Gasteiger partial charge in [-0.3, -0.25) is 14.7 Å². The first-order valence-corrected chi connectivity index (χ1v) is 12.0. The number of amides is 1. The van der Waals surface area contributed by atoms with E-state index < -0.39 is 0 Å². The maximum absolute atomic E-state index is 12.3. The number of fused-ring (bicyclic) bond motifs is 1. The third-order valence-electron chi connectivity index (χ3n) is 6.12. The van der Waals surface area contributed by atoms with Crippen LogP contribution >= 0.6 is 11.3 Å². The van der Waals surface area contributed by atoms with Crippen LogP contribution in [0.5, 0.6) is 0 Å². The quantitative estimate of drug-likeness (QED) is 0.645. The number of piperazine rings is 1. The number of nitrogens with one attached hydrogen (secondary N) is 1. The fourth-order valence-electron chi connectivity index (χ4n) is 4.18. The highest BCUT2D eigenvalue weighted by Gasteiger charge is 2.26. The highest BCUT2D eigenvalue weighted by atomic mass is 32.1. The number of rotatable bonds is 8. The van der Waals surface area contributed by atoms with Crippen LogP contribution in [0.2, 0.25) is 0 Å². The first-order chi connectivity index (χ1) is 14.6. The summed E-state index contributed by atoms with van der Waals surface area (Å²) >= 11 is 1.71. The monoisotopic (exact) mass is 427 g/mol. The molecule has 2 aromatic rings. The molecule has 0 saturated carbocycles. The van der Waals surface area contributed by atoms with Crippen molar-refractivity contribution in [2.24, 2.45) is 0 Å². The number of anilines is 1. The molecule has 1 unspecified atom stereocenters. The van der Waals surface area contributed by atoms with Crippen molar-refractivity contribution in [1.82, 2.24) is 20.2 Å². The molecule has 7 heteroatoms. The number of carbonyl (C=O) groups excluding carboxylic acids is 1. The molecule has 2 aliphatic heterocycles. The van der Waals surface area contributed by atoms with E-state index in [1.165, 1.54) is 16.7 Å². The van der Waals surface area contributed by atoms with E-state index in [0.29, 0.717) is 18.4 Å². The Balaban J connectivity index is 1.22. The summed E-state index contributed by atoms with van der Waals surface area (Å²) < 4.78 is 1.21. The number of unbranched alkanes of at least 4 members (excludes halogenated alkanes) is 2. The second-order valence-corrected chi connectivity index (χ2v) is 9.37. The molecular weight excluding hydrogens is 394 g/mol. The van der Waals surface area contributed by atoms with E-state index in [-0.39, 0.29) is 0 Å². The minimum absolute atomic E-state index is 0.339. The van der Waals surface area contributed by atoms with Crippen molar-refractivity contribution in [2.45, 2.75) is 52.0 Å². The minimum Gasteiger partial charge on any atom is -0.340 e. The molecule has 1 atom stereocenters. The Bertz CT molecular complexity index is 854. The Morgan fingerprint density at radius 1 is 1.20 bits per heavy atom. The van der Waals surface area contributed by atoms with Gasteiger partial charge in [-0.1, -0.05) is 43.2 Å². The smallest absolute Gasteiger partial charge is 0.222 e. The molecular formula is C23H33N5OS. The van der Waals surface area contributed by atoms with Gasteiger partial charge in [-0.25, -0.2) is 10.4 Å². The first kappa shape index (κ1) is 21.3. The molecule has 1 aromatic heterocycles. The molecule has 0 radical (unpaired) electrons. The fraction of sp³-hybridized carbons (Fsp3) is 0.565. The highest BCUT2D eigenvalue weighted by molar-refractivity contribution is 7.22. The summed E-state index contributed by atoms with van der Waals surface area (Å²) in [7, 11) is 0. The lowest BCUT2D eigenvalue weighted by molar-refractivity contribution is -0.133. The summed E-state index contributed by atoms with van der Waals surface area (Å²) in [6, 6.07) is 8.61. The Kier molecular flexibility index (Phi) is 7.02. The minimum atomic E-state index is 0.339. The van der Waals surface area contributed by atoms with Gasteiger partial charge >= 0.3 is 0 Å². The number of thiazole rings is 1. The van der Waals surface area contributed by atoms with Gasteiger partial charge in [0.15, 0.2) is 0 Å². The average molecular weight is 428 g/mol. The van der Waals surface area contributed by atoms with E-state index in [4.69, 9.17) is 4.98 Å². The second kappa shape index (κ2) is 9.90. The third kappa shape index (κ3) is 5.02. The number of carbonyl (C=O) groups is 1. The molecule has 1 N–H and O–H groups in total. The Morgan fingerprint density at radius 3 is 2.77 bits per heavy atom. The maximum atomic E-state index is 12.3. The van der Waals surface area contributed by atoms with Crippen LogP contribution in [0.3, 0.4) is 0 Å². The van der Waals surface area contributed by atoms with Gasteiger partial charge in [-0.05, 0) is 37.5 Å². The van der Waals surface area contributed by atoms with Gasteiger partial charge in [0.2, 0.25) is 11.0 Å². The number of hydrazine groups is 1. The van der Waals surface area contributed by atoms with Crippen LogP contribution in [0, 0.1) is 0 Å². The molecule has 6 nitrogen and oxygen atoms in total. The van der Waals surface area contributed by atoms with Gasteiger partial charge in [0, 0.05) is 45.3 Å². The Morgan fingerprint density at radius 2 is 2.00 bits per heavy atom. The summed E-state index contributed by atoms with van der Waals surface area (Å²) in [6.07, 6.45) is 7.30. The predicted molar refractivity (Wildman–Crippen MR) is 125 cm³/mol. The van der Waals surface area contributed by atoms with E-state index in [1.54, 1.807) is 11.3 Å². The number of hydrogen-bond acceptors (Lipinski definition) is 6. The van der Waals surface area contributed by atoms with Gasteiger partial charge in [0.1, 0.15) is 0 Å². The number of para-hydroxylation sites is 1. The number of hydrogen-bond donors (Lipinski definition) is 1. The SMILES string of the molecule is CCCCCC(=O)N1CCN(CCC2NN(c3nc4ccccc4s3)C=C2C)CC1. The van der Waals surface area contributed by atoms with Crippen molar-refractivity contribution in [3.63, 3.8) is 0 Å². The van der Waals surface area contributed by atoms with Crippen LogP contribution in [-0.4, -0.2) is 59.5 Å². The summed E-state index contributed by atoms with van der Waals surface area (Å²) in [5.41, 5.74) is 6.01. The zero-order valence-corrected chi connectivity index (χ0v) is 19.0. The number of nitrogens with zero attached hydrogens (tertiary/aromatic N) is 4. The summed E-state index contributed by atoms with van der Waals surface area (Å²) in [5, 5.41) is 3.07. The van der Waals surface area contributed by atoms with Crippen LogP contribution in [-0.2, 0) is 4.79 Å². The molecule has 1 fully saturated rings. The molecule has 1 amide bonds. The van der Waals surface area contributed by atoms with E-state index in [2.05, 4.69) is 58.5 Å². The first-order valence-electron chi connectivity index (χ1n) is 11.2. The lowest BCUT2D eigenvalue weighted by Crippen LogP contribution is -2.49. The molecule has 30 heavy (non-hydrogen) atoms. The second-order valence-electron chi connectivity index (χ2n) is 8.36. The van der Waals surface area contributed by atoms with Gasteiger partial charge in [-0.2, -0.15) is 0 Å². The normalized spacial score (nSPS) is 20.2. The van der Waals surface area contributed by atoms with E-state index in [0.717, 1.165) is 62.6 Å². The molecule has 3 heterocycles. The molecule has 1 saturated heterocycles. The van der Waals surface area contributed by atoms with Crippen molar-refractivity contribution in [1.29, 1.82) is 0 Å². The molecule has 0 bridgehead atoms. The zero-order valence-electron chi connectivity index (χ0n) is 18.1. The molecule has 4 rings (SSSR count). The third-order valence-corrected chi connectivity index (χ3v) is 7.15. The average Bonchev–Trinajstić information content (AvgIpc) is 3.36. The maximum Gasteiger partial charge on any atom is 0.222 e. The van der Waals surface area contributed by atoms with Crippen LogP contribution in [0.1, 0.15) is 46.0 Å². The van der Waals surface area contributed by atoms with Crippen LogP contribution in [0.15, 0.2) is 36.0 Å². The highest BCUT2D eigenvalue weighted by Crippen LogP contribution is 2.30. The molecule has 1 aromatic carbocycles. The standard InChI is InChI=1S/C23H33N5OS/c1-3-4-5-10-22(29)27-15-13-26(14-16-27)12-11-19-18(2)17-28(25-19)23-24-20-8-6-7-9-21(20)30-23/h6-9,17,19,25H,3-5,10-16H2,1-2H3. The molecule has 162 valence electrons. The lowest BCUT2D eigenvalue weighted by atomic mass is 10.1. The van der Waals surface area contributed by atoms with E-state index in [1.807, 2.05) is 6.07 Å². The summed E-state index contributed by atoms with van der Waals surface area (Å²) in [6.45, 7) is 9.13.